The van der Waals surface area contributed by atoms with E-state index >= 15 is 0 Å². The van der Waals surface area contributed by atoms with Gasteiger partial charge in [0.05, 0.1) is 12.8 Å². The summed E-state index contributed by atoms with van der Waals surface area (Å²) in [4.78, 5) is 45.0. The van der Waals surface area contributed by atoms with Gasteiger partial charge in [-0.1, -0.05) is 31.1 Å². The van der Waals surface area contributed by atoms with Crippen LogP contribution in [-0.4, -0.2) is 64.3 Å². The van der Waals surface area contributed by atoms with Crippen molar-refractivity contribution in [2.45, 2.75) is 96.7 Å². The number of hydrogen-bond donors (Lipinski definition) is 2. The number of unbranched alkanes of at least 4 members (excludes halogenated alkanes) is 3. The molecule has 0 bridgehead atoms. The number of allylic oxidation sites excluding steroid dienone is 1. The normalized spacial score (nSPS) is 17.6. The number of halogens is 1. The number of methoxy groups -OCH3 is 1. The Morgan fingerprint density at radius 3 is 2.67 bits per heavy atom. The van der Waals surface area contributed by atoms with Crippen molar-refractivity contribution in [2.75, 3.05) is 13.7 Å². The van der Waals surface area contributed by atoms with Crippen molar-refractivity contribution < 1.29 is 33.4 Å². The minimum Gasteiger partial charge on any atom is -0.506 e. The van der Waals surface area contributed by atoms with Crippen molar-refractivity contribution in [3.63, 3.8) is 0 Å². The van der Waals surface area contributed by atoms with E-state index in [0.717, 1.165) is 19.3 Å². The van der Waals surface area contributed by atoms with Crippen LogP contribution in [0.25, 0.3) is 10.9 Å². The van der Waals surface area contributed by atoms with Gasteiger partial charge in [-0.2, -0.15) is 0 Å². The zero-order valence-corrected chi connectivity index (χ0v) is 25.4. The van der Waals surface area contributed by atoms with Crippen LogP contribution in [0.5, 0.6) is 5.75 Å². The van der Waals surface area contributed by atoms with Crippen LogP contribution >= 0.6 is 0 Å². The van der Waals surface area contributed by atoms with Gasteiger partial charge >= 0.3 is 12.1 Å². The number of esters is 1. The average molecular weight is 586 g/mol. The van der Waals surface area contributed by atoms with E-state index in [2.05, 4.69) is 16.9 Å². The Kier molecular flexibility index (Phi) is 11.3. The quantitative estimate of drug-likeness (QED) is 0.185. The number of benzene rings is 1. The first kappa shape index (κ1) is 32.8. The molecule has 3 rings (SSSR count). The number of alkyl carbamates (subject to hydrolysis) is 1. The van der Waals surface area contributed by atoms with Crippen molar-refractivity contribution in [3.05, 3.63) is 47.9 Å². The van der Waals surface area contributed by atoms with Gasteiger partial charge in [-0.15, -0.1) is 6.58 Å². The summed E-state index contributed by atoms with van der Waals surface area (Å²) in [6, 6.07) is 2.96. The van der Waals surface area contributed by atoms with E-state index in [1.165, 1.54) is 18.1 Å². The number of nitrogens with one attached hydrogen (secondary N) is 1. The fourth-order valence-corrected chi connectivity index (χ4v) is 5.50. The third-order valence-corrected chi connectivity index (χ3v) is 7.56. The molecule has 0 unspecified atom stereocenters. The molecule has 0 spiro atoms. The number of carbonyl (C=O) groups is 3. The number of likely N-dealkylation sites (tertiary alicyclic amines) is 1. The average Bonchev–Trinajstić information content (AvgIpc) is 3.35. The first-order valence-corrected chi connectivity index (χ1v) is 14.6. The van der Waals surface area contributed by atoms with Crippen molar-refractivity contribution in [1.82, 2.24) is 15.2 Å². The van der Waals surface area contributed by atoms with Gasteiger partial charge in [0.25, 0.3) is 0 Å². The predicted molar refractivity (Wildman–Crippen MR) is 158 cm³/mol. The Hall–Kier alpha value is -3.69. The van der Waals surface area contributed by atoms with Gasteiger partial charge in [-0.3, -0.25) is 4.79 Å². The Morgan fingerprint density at radius 1 is 1.26 bits per heavy atom. The SMILES string of the molecule is C=CCCCCC[C@H](NC(=O)OC(C)(C)C)C(=O)N1C[C@H](CCc2c(O)c(C)nc3c(F)cccc23)C[C@H]1C(=O)OC. The fourth-order valence-electron chi connectivity index (χ4n) is 5.50. The summed E-state index contributed by atoms with van der Waals surface area (Å²) in [5, 5.41) is 14.0. The number of fused-ring (bicyclic) bond motifs is 1. The zero-order valence-electron chi connectivity index (χ0n) is 25.4. The van der Waals surface area contributed by atoms with Crippen LogP contribution in [0.1, 0.15) is 77.0 Å². The summed E-state index contributed by atoms with van der Waals surface area (Å²) in [6.07, 6.45) is 6.20. The van der Waals surface area contributed by atoms with Gasteiger partial charge in [-0.05, 0) is 78.2 Å². The highest BCUT2D eigenvalue weighted by atomic mass is 19.1. The highest BCUT2D eigenvalue weighted by Gasteiger charge is 2.42. The van der Waals surface area contributed by atoms with Gasteiger partial charge in [0, 0.05) is 17.5 Å². The molecular weight excluding hydrogens is 541 g/mol. The number of amides is 2. The van der Waals surface area contributed by atoms with Crippen LogP contribution in [0.3, 0.4) is 0 Å². The third-order valence-electron chi connectivity index (χ3n) is 7.56. The molecule has 10 heteroatoms. The summed E-state index contributed by atoms with van der Waals surface area (Å²) in [5.41, 5.74) is 0.379. The predicted octanol–water partition coefficient (Wildman–Crippen LogP) is 5.74. The third kappa shape index (κ3) is 8.42. The Balaban J connectivity index is 1.80. The van der Waals surface area contributed by atoms with Gasteiger partial charge in [0.2, 0.25) is 5.91 Å². The minimum absolute atomic E-state index is 0.0154. The van der Waals surface area contributed by atoms with Crippen molar-refractivity contribution >= 4 is 28.9 Å². The number of aromatic nitrogens is 1. The van der Waals surface area contributed by atoms with E-state index < -0.39 is 35.6 Å². The van der Waals surface area contributed by atoms with E-state index in [1.807, 2.05) is 6.08 Å². The Morgan fingerprint density at radius 2 is 2.00 bits per heavy atom. The number of aromatic hydroxyl groups is 1. The molecule has 1 aromatic carbocycles. The highest BCUT2D eigenvalue weighted by Crippen LogP contribution is 2.34. The second kappa shape index (κ2) is 14.5. The van der Waals surface area contributed by atoms with Gasteiger partial charge in [0.1, 0.15) is 34.8 Å². The van der Waals surface area contributed by atoms with Gasteiger partial charge in [0.15, 0.2) is 0 Å². The Labute approximate surface area is 247 Å². The lowest BCUT2D eigenvalue weighted by atomic mass is 9.94. The van der Waals surface area contributed by atoms with Crippen LogP contribution in [0.2, 0.25) is 0 Å². The number of rotatable bonds is 12. The molecule has 1 saturated heterocycles. The highest BCUT2D eigenvalue weighted by molar-refractivity contribution is 5.90. The van der Waals surface area contributed by atoms with Crippen LogP contribution < -0.4 is 5.32 Å². The smallest absolute Gasteiger partial charge is 0.408 e. The molecule has 230 valence electrons. The molecule has 2 amide bonds. The Bertz CT molecular complexity index is 1290. The first-order valence-electron chi connectivity index (χ1n) is 14.6. The second-order valence-corrected chi connectivity index (χ2v) is 12.0. The molecule has 0 saturated carbocycles. The number of aryl methyl sites for hydroxylation is 2. The molecule has 2 heterocycles. The number of hydrogen-bond acceptors (Lipinski definition) is 7. The van der Waals surface area contributed by atoms with Crippen LogP contribution in [-0.2, 0) is 25.5 Å². The minimum atomic E-state index is -0.867. The zero-order chi connectivity index (χ0) is 31.0. The number of carbonyl (C=O) groups excluding carboxylic acids is 3. The standard InChI is InChI=1S/C32H44FN3O6/c1-7-8-9-10-11-15-25(35-31(40)42-32(3,4)5)29(38)36-19-21(18-26(36)30(39)41-6)16-17-23-22-13-12-14-24(33)27(22)34-20(2)28(23)37/h7,12-14,21,25-26,37H,1,8-11,15-19H2,2-6H3,(H,35,40)/t21-,25+,26+/m1/s1. The largest absolute Gasteiger partial charge is 0.506 e. The summed E-state index contributed by atoms with van der Waals surface area (Å²) < 4.78 is 24.9. The maximum absolute atomic E-state index is 14.5. The van der Waals surface area contributed by atoms with E-state index in [1.54, 1.807) is 39.8 Å². The summed E-state index contributed by atoms with van der Waals surface area (Å²) >= 11 is 0. The fraction of sp³-hybridized carbons (Fsp3) is 0.562. The van der Waals surface area contributed by atoms with E-state index in [9.17, 15) is 23.9 Å². The van der Waals surface area contributed by atoms with Crippen molar-refractivity contribution in [3.8, 4) is 5.75 Å². The maximum Gasteiger partial charge on any atom is 0.408 e. The lowest BCUT2D eigenvalue weighted by molar-refractivity contribution is -0.151. The maximum atomic E-state index is 14.5. The number of nitrogens with zero attached hydrogens (tertiary/aromatic N) is 2. The lowest BCUT2D eigenvalue weighted by Crippen LogP contribution is -2.52. The second-order valence-electron chi connectivity index (χ2n) is 12.0. The molecule has 1 aliphatic rings. The number of pyridine rings is 1. The molecule has 1 aliphatic heterocycles. The van der Waals surface area contributed by atoms with E-state index in [4.69, 9.17) is 9.47 Å². The summed E-state index contributed by atoms with van der Waals surface area (Å²) in [5.74, 6) is -1.43. The molecule has 2 N–H and O–H groups in total. The van der Waals surface area contributed by atoms with E-state index in [0.29, 0.717) is 48.7 Å². The summed E-state index contributed by atoms with van der Waals surface area (Å²) in [7, 11) is 1.28. The van der Waals surface area contributed by atoms with Gasteiger partial charge in [-0.25, -0.2) is 19.0 Å². The first-order chi connectivity index (χ1) is 19.9. The molecule has 0 aliphatic carbocycles. The van der Waals surface area contributed by atoms with Crippen LogP contribution in [0.4, 0.5) is 9.18 Å². The van der Waals surface area contributed by atoms with Crippen LogP contribution in [0, 0.1) is 18.7 Å². The van der Waals surface area contributed by atoms with Crippen molar-refractivity contribution in [1.29, 1.82) is 0 Å². The molecule has 9 nitrogen and oxygen atoms in total. The molecule has 0 radical (unpaired) electrons. The molecule has 3 atom stereocenters. The number of para-hydroxylation sites is 1. The van der Waals surface area contributed by atoms with Crippen molar-refractivity contribution in [2.24, 2.45) is 5.92 Å². The molecular formula is C32H44FN3O6. The molecule has 42 heavy (non-hydrogen) atoms. The van der Waals surface area contributed by atoms with Gasteiger partial charge < -0.3 is 24.8 Å². The summed E-state index contributed by atoms with van der Waals surface area (Å²) in [6.45, 7) is 10.9. The molecule has 1 fully saturated rings. The molecule has 2 aromatic rings. The topological polar surface area (TPSA) is 118 Å². The lowest BCUT2D eigenvalue weighted by Gasteiger charge is -2.29. The monoisotopic (exact) mass is 585 g/mol. The number of ether oxygens (including phenoxy) is 2. The van der Waals surface area contributed by atoms with Crippen LogP contribution in [0.15, 0.2) is 30.9 Å². The molecule has 1 aromatic heterocycles. The van der Waals surface area contributed by atoms with E-state index in [-0.39, 0.29) is 29.6 Å².